The number of rotatable bonds is 2. The van der Waals surface area contributed by atoms with Gasteiger partial charge >= 0.3 is 5.97 Å². The maximum Gasteiger partial charge on any atom is 0.336 e. The summed E-state index contributed by atoms with van der Waals surface area (Å²) in [5, 5.41) is 14.4. The van der Waals surface area contributed by atoms with Crippen molar-refractivity contribution in [1.82, 2.24) is 0 Å². The maximum absolute atomic E-state index is 11.6. The standard InChI is InChI=1S/C15H15N3O2/c1-15(2,3)11-8-7-9-10(13(11)14(19)20)5-4-6-12(9)17-18-16/h4-8H,1-3H3,(H,19,20). The van der Waals surface area contributed by atoms with Crippen molar-refractivity contribution < 1.29 is 9.90 Å². The smallest absolute Gasteiger partial charge is 0.336 e. The van der Waals surface area contributed by atoms with E-state index < -0.39 is 5.97 Å². The van der Waals surface area contributed by atoms with Gasteiger partial charge in [0.15, 0.2) is 0 Å². The van der Waals surface area contributed by atoms with Gasteiger partial charge in [-0.15, -0.1) is 0 Å². The Kier molecular flexibility index (Phi) is 3.38. The summed E-state index contributed by atoms with van der Waals surface area (Å²) in [7, 11) is 0. The quantitative estimate of drug-likeness (QED) is 0.483. The molecule has 0 saturated heterocycles. The number of carbonyl (C=O) groups is 1. The molecule has 2 aromatic carbocycles. The third-order valence-electron chi connectivity index (χ3n) is 3.21. The van der Waals surface area contributed by atoms with Crippen molar-refractivity contribution in [3.63, 3.8) is 0 Å². The van der Waals surface area contributed by atoms with Crippen molar-refractivity contribution in [2.24, 2.45) is 5.11 Å². The minimum Gasteiger partial charge on any atom is -0.478 e. The van der Waals surface area contributed by atoms with Crippen LogP contribution in [-0.4, -0.2) is 11.1 Å². The summed E-state index contributed by atoms with van der Waals surface area (Å²) in [6.45, 7) is 5.91. The Morgan fingerprint density at radius 3 is 2.45 bits per heavy atom. The van der Waals surface area contributed by atoms with Gasteiger partial charge in [-0.05, 0) is 27.3 Å². The van der Waals surface area contributed by atoms with Crippen molar-refractivity contribution in [2.75, 3.05) is 0 Å². The predicted molar refractivity (Wildman–Crippen MR) is 78.4 cm³/mol. The monoisotopic (exact) mass is 269 g/mol. The fourth-order valence-corrected chi connectivity index (χ4v) is 2.33. The fraction of sp³-hybridized carbons (Fsp3) is 0.267. The average Bonchev–Trinajstić information content (AvgIpc) is 2.36. The first-order chi connectivity index (χ1) is 9.36. The predicted octanol–water partition coefficient (Wildman–Crippen LogP) is 4.78. The van der Waals surface area contributed by atoms with E-state index in [2.05, 4.69) is 10.0 Å². The van der Waals surface area contributed by atoms with Gasteiger partial charge in [-0.3, -0.25) is 0 Å². The number of carboxylic acids is 1. The van der Waals surface area contributed by atoms with E-state index >= 15 is 0 Å². The van der Waals surface area contributed by atoms with Gasteiger partial charge in [0.05, 0.1) is 5.56 Å². The van der Waals surface area contributed by atoms with Crippen LogP contribution in [0.1, 0.15) is 36.7 Å². The molecule has 0 atom stereocenters. The molecule has 0 bridgehead atoms. The molecule has 2 rings (SSSR count). The van der Waals surface area contributed by atoms with Gasteiger partial charge < -0.3 is 5.11 Å². The summed E-state index contributed by atoms with van der Waals surface area (Å²) < 4.78 is 0. The Balaban J connectivity index is 2.94. The highest BCUT2D eigenvalue weighted by molar-refractivity contribution is 6.08. The number of benzene rings is 2. The van der Waals surface area contributed by atoms with Gasteiger partial charge in [0.1, 0.15) is 0 Å². The lowest BCUT2D eigenvalue weighted by Crippen LogP contribution is -2.17. The number of nitrogens with zero attached hydrogens (tertiary/aromatic N) is 3. The summed E-state index contributed by atoms with van der Waals surface area (Å²) in [6, 6.07) is 8.72. The summed E-state index contributed by atoms with van der Waals surface area (Å²) in [4.78, 5) is 14.4. The fourth-order valence-electron chi connectivity index (χ4n) is 2.33. The summed E-state index contributed by atoms with van der Waals surface area (Å²) in [5.41, 5.74) is 9.77. The van der Waals surface area contributed by atoms with E-state index in [-0.39, 0.29) is 11.0 Å². The van der Waals surface area contributed by atoms with Crippen molar-refractivity contribution in [1.29, 1.82) is 0 Å². The second kappa shape index (κ2) is 4.87. The first-order valence-corrected chi connectivity index (χ1v) is 6.21. The molecule has 0 saturated carbocycles. The van der Waals surface area contributed by atoms with Gasteiger partial charge in [-0.1, -0.05) is 56.2 Å². The van der Waals surface area contributed by atoms with E-state index in [4.69, 9.17) is 5.53 Å². The Hall–Kier alpha value is -2.52. The molecule has 0 radical (unpaired) electrons. The highest BCUT2D eigenvalue weighted by Gasteiger charge is 2.23. The molecule has 20 heavy (non-hydrogen) atoms. The molecule has 1 N–H and O–H groups in total. The van der Waals surface area contributed by atoms with Crippen LogP contribution in [-0.2, 0) is 5.41 Å². The Morgan fingerprint density at radius 1 is 1.20 bits per heavy atom. The van der Waals surface area contributed by atoms with E-state index in [9.17, 15) is 9.90 Å². The third kappa shape index (κ3) is 2.31. The number of hydrogen-bond donors (Lipinski definition) is 1. The van der Waals surface area contributed by atoms with Gasteiger partial charge in [-0.25, -0.2) is 4.79 Å². The normalized spacial score (nSPS) is 11.2. The van der Waals surface area contributed by atoms with Gasteiger partial charge in [0.2, 0.25) is 0 Å². The van der Waals surface area contributed by atoms with E-state index in [1.54, 1.807) is 24.3 Å². The lowest BCUT2D eigenvalue weighted by molar-refractivity contribution is 0.0696. The van der Waals surface area contributed by atoms with E-state index in [0.717, 1.165) is 5.56 Å². The molecular formula is C15H15N3O2. The van der Waals surface area contributed by atoms with E-state index in [1.807, 2.05) is 26.8 Å². The molecule has 0 fully saturated rings. The molecular weight excluding hydrogens is 254 g/mol. The Morgan fingerprint density at radius 2 is 1.90 bits per heavy atom. The molecule has 5 heteroatoms. The number of aromatic carboxylic acids is 1. The molecule has 2 aromatic rings. The molecule has 0 aliphatic heterocycles. The minimum atomic E-state index is -0.974. The molecule has 0 heterocycles. The van der Waals surface area contributed by atoms with Crippen LogP contribution < -0.4 is 0 Å². The molecule has 5 nitrogen and oxygen atoms in total. The zero-order valence-electron chi connectivity index (χ0n) is 11.6. The maximum atomic E-state index is 11.6. The van der Waals surface area contributed by atoms with E-state index in [0.29, 0.717) is 16.5 Å². The van der Waals surface area contributed by atoms with Crippen LogP contribution in [0.15, 0.2) is 35.4 Å². The largest absolute Gasteiger partial charge is 0.478 e. The van der Waals surface area contributed by atoms with Crippen LogP contribution in [0, 0.1) is 0 Å². The van der Waals surface area contributed by atoms with Crippen LogP contribution in [0.4, 0.5) is 5.69 Å². The third-order valence-corrected chi connectivity index (χ3v) is 3.21. The number of carboxylic acid groups (broad SMARTS) is 1. The summed E-state index contributed by atoms with van der Waals surface area (Å²) in [6.07, 6.45) is 0. The highest BCUT2D eigenvalue weighted by Crippen LogP contribution is 2.35. The second-order valence-electron chi connectivity index (χ2n) is 5.60. The van der Waals surface area contributed by atoms with E-state index in [1.165, 1.54) is 0 Å². The summed E-state index contributed by atoms with van der Waals surface area (Å²) in [5.74, 6) is -0.974. The van der Waals surface area contributed by atoms with Gasteiger partial charge in [0, 0.05) is 10.6 Å². The molecule has 0 spiro atoms. The van der Waals surface area contributed by atoms with Crippen LogP contribution in [0.3, 0.4) is 0 Å². The van der Waals surface area contributed by atoms with Gasteiger partial charge in [0.25, 0.3) is 0 Å². The topological polar surface area (TPSA) is 86.1 Å². The Bertz CT molecular complexity index is 739. The zero-order chi connectivity index (χ0) is 14.9. The van der Waals surface area contributed by atoms with Crippen LogP contribution >= 0.6 is 0 Å². The van der Waals surface area contributed by atoms with Crippen LogP contribution in [0.5, 0.6) is 0 Å². The highest BCUT2D eigenvalue weighted by atomic mass is 16.4. The minimum absolute atomic E-state index is 0.269. The SMILES string of the molecule is CC(C)(C)c1ccc2c(N=[N+]=[N-])cccc2c1C(=O)O. The second-order valence-corrected chi connectivity index (χ2v) is 5.60. The average molecular weight is 269 g/mol. The van der Waals surface area contributed by atoms with Gasteiger partial charge in [-0.2, -0.15) is 0 Å². The van der Waals surface area contributed by atoms with Crippen LogP contribution in [0.2, 0.25) is 0 Å². The lowest BCUT2D eigenvalue weighted by atomic mass is 9.81. The molecule has 102 valence electrons. The van der Waals surface area contributed by atoms with Crippen molar-refractivity contribution in [3.05, 3.63) is 51.9 Å². The number of azide groups is 1. The number of fused-ring (bicyclic) bond motifs is 1. The Labute approximate surface area is 116 Å². The number of hydrogen-bond acceptors (Lipinski definition) is 2. The molecule has 0 unspecified atom stereocenters. The van der Waals surface area contributed by atoms with Crippen molar-refractivity contribution in [3.8, 4) is 0 Å². The first-order valence-electron chi connectivity index (χ1n) is 6.21. The molecule has 0 aromatic heterocycles. The van der Waals surface area contributed by atoms with Crippen LogP contribution in [0.25, 0.3) is 21.2 Å². The van der Waals surface area contributed by atoms with Crippen molar-refractivity contribution >= 4 is 22.4 Å². The molecule has 0 aliphatic rings. The molecule has 0 aliphatic carbocycles. The summed E-state index contributed by atoms with van der Waals surface area (Å²) >= 11 is 0. The van der Waals surface area contributed by atoms with Crippen molar-refractivity contribution in [2.45, 2.75) is 26.2 Å². The zero-order valence-corrected chi connectivity index (χ0v) is 11.6. The lowest BCUT2D eigenvalue weighted by Gasteiger charge is -2.22. The molecule has 0 amide bonds. The first kappa shape index (κ1) is 13.9.